The van der Waals surface area contributed by atoms with Crippen LogP contribution in [0.15, 0.2) is 36.4 Å². The van der Waals surface area contributed by atoms with Gasteiger partial charge in [-0.25, -0.2) is 4.79 Å². The second-order valence-electron chi connectivity index (χ2n) is 6.60. The zero-order chi connectivity index (χ0) is 21.8. The highest BCUT2D eigenvalue weighted by molar-refractivity contribution is 6.44. The molecule has 0 atom stereocenters. The minimum Gasteiger partial charge on any atom is -0.452 e. The van der Waals surface area contributed by atoms with Crippen LogP contribution < -0.4 is 5.32 Å². The third kappa shape index (κ3) is 4.47. The number of unbranched alkanes of at least 4 members (excludes halogenated alkanes) is 1. The molecule has 0 fully saturated rings. The number of amides is 3. The Labute approximate surface area is 182 Å². The molecule has 0 unspecified atom stereocenters. The number of imide groups is 1. The smallest absolute Gasteiger partial charge is 0.338 e. The van der Waals surface area contributed by atoms with E-state index in [9.17, 15) is 19.2 Å². The van der Waals surface area contributed by atoms with Crippen LogP contribution in [0.5, 0.6) is 0 Å². The lowest BCUT2D eigenvalue weighted by molar-refractivity contribution is -0.119. The molecule has 156 valence electrons. The zero-order valence-electron chi connectivity index (χ0n) is 16.0. The number of rotatable bonds is 7. The zero-order valence-corrected chi connectivity index (χ0v) is 17.5. The number of nitrogens with zero attached hydrogens (tertiary/aromatic N) is 1. The largest absolute Gasteiger partial charge is 0.452 e. The van der Waals surface area contributed by atoms with Crippen LogP contribution in [0.1, 0.15) is 50.8 Å². The van der Waals surface area contributed by atoms with Crippen LogP contribution in [-0.4, -0.2) is 41.7 Å². The minimum atomic E-state index is -0.794. The first-order chi connectivity index (χ1) is 14.3. The van der Waals surface area contributed by atoms with Crippen molar-refractivity contribution in [2.75, 3.05) is 18.5 Å². The summed E-state index contributed by atoms with van der Waals surface area (Å²) in [6.45, 7) is 1.73. The number of anilines is 1. The van der Waals surface area contributed by atoms with Gasteiger partial charge in [0.25, 0.3) is 17.7 Å². The fourth-order valence-electron chi connectivity index (χ4n) is 2.94. The quantitative estimate of drug-likeness (QED) is 0.506. The van der Waals surface area contributed by atoms with Gasteiger partial charge in [-0.05, 0) is 36.8 Å². The monoisotopic (exact) mass is 448 g/mol. The standard InChI is InChI=1S/C21H18Cl2N2O5/c1-2-3-9-25-19(27)13-8-7-12(10-14(13)20(25)28)21(29)30-11-17(26)24-16-6-4-5-15(22)18(16)23/h4-8,10H,2-3,9,11H2,1H3,(H,24,26). The van der Waals surface area contributed by atoms with Gasteiger partial charge in [-0.2, -0.15) is 0 Å². The van der Waals surface area contributed by atoms with Crippen molar-refractivity contribution in [1.82, 2.24) is 4.90 Å². The Morgan fingerprint density at radius 3 is 2.53 bits per heavy atom. The predicted molar refractivity (Wildman–Crippen MR) is 112 cm³/mol. The van der Waals surface area contributed by atoms with Gasteiger partial charge in [0.05, 0.1) is 32.4 Å². The molecule has 1 heterocycles. The summed E-state index contributed by atoms with van der Waals surface area (Å²) in [6.07, 6.45) is 1.54. The molecule has 2 aromatic carbocycles. The van der Waals surface area contributed by atoms with Crippen molar-refractivity contribution >= 4 is 52.6 Å². The molecule has 0 bridgehead atoms. The summed E-state index contributed by atoms with van der Waals surface area (Å²) in [6, 6.07) is 8.87. The highest BCUT2D eigenvalue weighted by atomic mass is 35.5. The number of esters is 1. The Kier molecular flexibility index (Phi) is 6.74. The third-order valence-electron chi connectivity index (χ3n) is 4.50. The fourth-order valence-corrected chi connectivity index (χ4v) is 3.29. The summed E-state index contributed by atoms with van der Waals surface area (Å²) in [5.41, 5.74) is 0.765. The van der Waals surface area contributed by atoms with Crippen molar-refractivity contribution in [1.29, 1.82) is 0 Å². The van der Waals surface area contributed by atoms with Gasteiger partial charge in [0, 0.05) is 6.54 Å². The Morgan fingerprint density at radius 2 is 1.80 bits per heavy atom. The number of fused-ring (bicyclic) bond motifs is 1. The first-order valence-electron chi connectivity index (χ1n) is 9.24. The highest BCUT2D eigenvalue weighted by Gasteiger charge is 2.35. The van der Waals surface area contributed by atoms with Gasteiger partial charge in [0.1, 0.15) is 0 Å². The molecule has 2 aromatic rings. The maximum Gasteiger partial charge on any atom is 0.338 e. The number of halogens is 2. The molecular weight excluding hydrogens is 431 g/mol. The fraction of sp³-hybridized carbons (Fsp3) is 0.238. The molecule has 0 aromatic heterocycles. The van der Waals surface area contributed by atoms with Crippen LogP contribution in [0.25, 0.3) is 0 Å². The summed E-state index contributed by atoms with van der Waals surface area (Å²) in [5.74, 6) is -2.21. The van der Waals surface area contributed by atoms with Crippen LogP contribution in [0, 0.1) is 0 Å². The van der Waals surface area contributed by atoms with Crippen molar-refractivity contribution in [3.05, 3.63) is 63.1 Å². The molecule has 1 aliphatic rings. The molecule has 9 heteroatoms. The Hall–Kier alpha value is -2.90. The molecule has 3 amide bonds. The Balaban J connectivity index is 1.64. The van der Waals surface area contributed by atoms with Crippen LogP contribution in [0.4, 0.5) is 5.69 Å². The number of hydrogen-bond acceptors (Lipinski definition) is 5. The molecule has 0 radical (unpaired) electrons. The van der Waals surface area contributed by atoms with E-state index in [4.69, 9.17) is 27.9 Å². The number of ether oxygens (including phenoxy) is 1. The average Bonchev–Trinajstić information content (AvgIpc) is 2.97. The summed E-state index contributed by atoms with van der Waals surface area (Å²) >= 11 is 11.9. The molecular formula is C21H18Cl2N2O5. The number of benzene rings is 2. The van der Waals surface area contributed by atoms with Crippen LogP contribution in [0.3, 0.4) is 0 Å². The van der Waals surface area contributed by atoms with Crippen LogP contribution in [0.2, 0.25) is 10.0 Å². The summed E-state index contributed by atoms with van der Waals surface area (Å²) in [5, 5.41) is 2.95. The minimum absolute atomic E-state index is 0.0702. The van der Waals surface area contributed by atoms with Gasteiger partial charge in [-0.3, -0.25) is 19.3 Å². The van der Waals surface area contributed by atoms with E-state index in [0.717, 1.165) is 6.42 Å². The molecule has 0 saturated heterocycles. The Morgan fingerprint density at radius 1 is 1.07 bits per heavy atom. The number of carbonyl (C=O) groups is 4. The summed E-state index contributed by atoms with van der Waals surface area (Å²) in [7, 11) is 0. The van der Waals surface area contributed by atoms with E-state index in [1.165, 1.54) is 23.1 Å². The molecule has 0 spiro atoms. The predicted octanol–water partition coefficient (Wildman–Crippen LogP) is 4.19. The third-order valence-corrected chi connectivity index (χ3v) is 5.32. The van der Waals surface area contributed by atoms with Crippen molar-refractivity contribution in [3.63, 3.8) is 0 Å². The molecule has 0 aliphatic carbocycles. The Bertz CT molecular complexity index is 1040. The summed E-state index contributed by atoms with van der Waals surface area (Å²) < 4.78 is 5.01. The normalized spacial score (nSPS) is 12.7. The van der Waals surface area contributed by atoms with E-state index in [-0.39, 0.29) is 32.6 Å². The van der Waals surface area contributed by atoms with Crippen LogP contribution >= 0.6 is 23.2 Å². The topological polar surface area (TPSA) is 92.8 Å². The highest BCUT2D eigenvalue weighted by Crippen LogP contribution is 2.29. The second kappa shape index (κ2) is 9.28. The molecule has 1 aliphatic heterocycles. The van der Waals surface area contributed by atoms with Crippen molar-refractivity contribution < 1.29 is 23.9 Å². The first kappa shape index (κ1) is 21.8. The van der Waals surface area contributed by atoms with Gasteiger partial charge in [-0.1, -0.05) is 42.6 Å². The lowest BCUT2D eigenvalue weighted by atomic mass is 10.1. The van der Waals surface area contributed by atoms with Gasteiger partial charge in [0.15, 0.2) is 6.61 Å². The number of carbonyl (C=O) groups excluding carboxylic acids is 4. The van der Waals surface area contributed by atoms with Crippen molar-refractivity contribution in [2.24, 2.45) is 0 Å². The van der Waals surface area contributed by atoms with Gasteiger partial charge in [0.2, 0.25) is 0 Å². The number of nitrogens with one attached hydrogen (secondary N) is 1. The van der Waals surface area contributed by atoms with Gasteiger partial charge >= 0.3 is 5.97 Å². The lowest BCUT2D eigenvalue weighted by Crippen LogP contribution is -2.30. The van der Waals surface area contributed by atoms with E-state index in [2.05, 4.69) is 5.32 Å². The molecule has 7 nitrogen and oxygen atoms in total. The van der Waals surface area contributed by atoms with Crippen molar-refractivity contribution in [2.45, 2.75) is 19.8 Å². The first-order valence-corrected chi connectivity index (χ1v) is 10.00. The van der Waals surface area contributed by atoms with E-state index < -0.39 is 24.4 Å². The summed E-state index contributed by atoms with van der Waals surface area (Å²) in [4.78, 5) is 50.4. The maximum atomic E-state index is 12.5. The lowest BCUT2D eigenvalue weighted by Gasteiger charge is -2.12. The molecule has 3 rings (SSSR count). The van der Waals surface area contributed by atoms with Gasteiger partial charge in [-0.15, -0.1) is 0 Å². The SMILES string of the molecule is CCCCN1C(=O)c2ccc(C(=O)OCC(=O)Nc3cccc(Cl)c3Cl)cc2C1=O. The van der Waals surface area contributed by atoms with Crippen molar-refractivity contribution in [3.8, 4) is 0 Å². The molecule has 1 N–H and O–H groups in total. The average molecular weight is 449 g/mol. The molecule has 30 heavy (non-hydrogen) atoms. The van der Waals surface area contributed by atoms with Crippen LogP contribution in [-0.2, 0) is 9.53 Å². The number of hydrogen-bond donors (Lipinski definition) is 1. The maximum absolute atomic E-state index is 12.5. The van der Waals surface area contributed by atoms with Gasteiger partial charge < -0.3 is 10.1 Å². The van der Waals surface area contributed by atoms with E-state index in [0.29, 0.717) is 18.7 Å². The van der Waals surface area contributed by atoms with E-state index >= 15 is 0 Å². The van der Waals surface area contributed by atoms with E-state index in [1.54, 1.807) is 18.2 Å². The van der Waals surface area contributed by atoms with E-state index in [1.807, 2.05) is 6.92 Å². The second-order valence-corrected chi connectivity index (χ2v) is 7.39. The molecule has 0 saturated carbocycles.